The van der Waals surface area contributed by atoms with E-state index < -0.39 is 9.84 Å². The van der Waals surface area contributed by atoms with Crippen molar-refractivity contribution in [2.24, 2.45) is 11.1 Å². The SMILES string of the molecule is CCC(CC)(CN)CN1CCS(=O)(=O)CC1C. The molecule has 1 rings (SSSR count). The van der Waals surface area contributed by atoms with Crippen LogP contribution in [0.4, 0.5) is 0 Å². The first-order valence-electron chi connectivity index (χ1n) is 6.52. The van der Waals surface area contributed by atoms with Crippen LogP contribution in [0, 0.1) is 5.41 Å². The number of hydrogen-bond acceptors (Lipinski definition) is 4. The fourth-order valence-electron chi connectivity index (χ4n) is 2.53. The van der Waals surface area contributed by atoms with Crippen LogP contribution in [0.2, 0.25) is 0 Å². The van der Waals surface area contributed by atoms with Crippen molar-refractivity contribution in [3.63, 3.8) is 0 Å². The molecule has 1 unspecified atom stereocenters. The lowest BCUT2D eigenvalue weighted by atomic mass is 9.81. The van der Waals surface area contributed by atoms with E-state index in [0.717, 1.165) is 19.4 Å². The Morgan fingerprint density at radius 2 is 1.94 bits per heavy atom. The fraction of sp³-hybridized carbons (Fsp3) is 1.00. The van der Waals surface area contributed by atoms with Gasteiger partial charge < -0.3 is 5.73 Å². The van der Waals surface area contributed by atoms with Crippen LogP contribution in [0.3, 0.4) is 0 Å². The molecule has 1 aliphatic rings. The summed E-state index contributed by atoms with van der Waals surface area (Å²) in [5.41, 5.74) is 6.05. The molecule has 1 saturated heterocycles. The Morgan fingerprint density at radius 1 is 1.35 bits per heavy atom. The Kier molecular flexibility index (Phi) is 4.98. The van der Waals surface area contributed by atoms with E-state index in [9.17, 15) is 8.42 Å². The first-order chi connectivity index (χ1) is 7.88. The van der Waals surface area contributed by atoms with Crippen molar-refractivity contribution in [1.29, 1.82) is 0 Å². The van der Waals surface area contributed by atoms with Crippen molar-refractivity contribution in [2.75, 3.05) is 31.1 Å². The van der Waals surface area contributed by atoms with Crippen molar-refractivity contribution in [3.05, 3.63) is 0 Å². The molecule has 1 fully saturated rings. The molecule has 0 saturated carbocycles. The zero-order valence-corrected chi connectivity index (χ0v) is 12.1. The van der Waals surface area contributed by atoms with E-state index in [1.54, 1.807) is 0 Å². The standard InChI is InChI=1S/C12H26N2O2S/c1-4-12(5-2,9-13)10-14-6-7-17(15,16)8-11(14)3/h11H,4-10,13H2,1-3H3. The lowest BCUT2D eigenvalue weighted by Gasteiger charge is -2.41. The molecule has 2 N–H and O–H groups in total. The van der Waals surface area contributed by atoms with Crippen LogP contribution in [0.1, 0.15) is 33.6 Å². The molecule has 5 heteroatoms. The molecule has 17 heavy (non-hydrogen) atoms. The third kappa shape index (κ3) is 3.66. The quantitative estimate of drug-likeness (QED) is 0.798. The second-order valence-electron chi connectivity index (χ2n) is 5.35. The summed E-state index contributed by atoms with van der Waals surface area (Å²) >= 11 is 0. The first-order valence-corrected chi connectivity index (χ1v) is 8.34. The number of nitrogens with zero attached hydrogens (tertiary/aromatic N) is 1. The summed E-state index contributed by atoms with van der Waals surface area (Å²) in [6.45, 7) is 8.60. The minimum Gasteiger partial charge on any atom is -0.330 e. The molecular formula is C12H26N2O2S. The van der Waals surface area contributed by atoms with Gasteiger partial charge in [0.2, 0.25) is 0 Å². The van der Waals surface area contributed by atoms with Gasteiger partial charge in [-0.1, -0.05) is 13.8 Å². The van der Waals surface area contributed by atoms with Crippen molar-refractivity contribution in [2.45, 2.75) is 39.7 Å². The maximum atomic E-state index is 11.5. The molecule has 0 spiro atoms. The molecule has 0 aromatic heterocycles. The highest BCUT2D eigenvalue weighted by Gasteiger charge is 2.34. The molecule has 0 radical (unpaired) electrons. The molecule has 0 amide bonds. The average molecular weight is 262 g/mol. The summed E-state index contributed by atoms with van der Waals surface area (Å²) in [4.78, 5) is 2.29. The zero-order chi connectivity index (χ0) is 13.1. The van der Waals surface area contributed by atoms with E-state index in [2.05, 4.69) is 18.7 Å². The minimum atomic E-state index is -2.81. The molecule has 0 aromatic rings. The normalized spacial score (nSPS) is 26.0. The van der Waals surface area contributed by atoms with Gasteiger partial charge in [-0.05, 0) is 31.7 Å². The van der Waals surface area contributed by atoms with Gasteiger partial charge in [0, 0.05) is 19.1 Å². The minimum absolute atomic E-state index is 0.123. The average Bonchev–Trinajstić information content (AvgIpc) is 2.28. The molecule has 1 heterocycles. The summed E-state index contributed by atoms with van der Waals surface area (Å²) in [5, 5.41) is 0. The molecule has 0 aromatic carbocycles. The Bertz CT molecular complexity index is 328. The van der Waals surface area contributed by atoms with Crippen LogP contribution < -0.4 is 5.73 Å². The Morgan fingerprint density at radius 3 is 2.35 bits per heavy atom. The maximum Gasteiger partial charge on any atom is 0.153 e. The van der Waals surface area contributed by atoms with Gasteiger partial charge in [0.1, 0.15) is 0 Å². The molecule has 1 atom stereocenters. The van der Waals surface area contributed by atoms with Crippen LogP contribution in [0.25, 0.3) is 0 Å². The second kappa shape index (κ2) is 5.67. The predicted octanol–water partition coefficient (Wildman–Crippen LogP) is 0.870. The van der Waals surface area contributed by atoms with E-state index in [1.807, 2.05) is 6.92 Å². The van der Waals surface area contributed by atoms with Gasteiger partial charge in [-0.15, -0.1) is 0 Å². The van der Waals surface area contributed by atoms with Gasteiger partial charge in [-0.2, -0.15) is 0 Å². The zero-order valence-electron chi connectivity index (χ0n) is 11.3. The summed E-state index contributed by atoms with van der Waals surface area (Å²) in [6.07, 6.45) is 2.10. The summed E-state index contributed by atoms with van der Waals surface area (Å²) in [7, 11) is -2.81. The van der Waals surface area contributed by atoms with Gasteiger partial charge >= 0.3 is 0 Å². The van der Waals surface area contributed by atoms with Crippen LogP contribution in [-0.4, -0.2) is 50.5 Å². The smallest absolute Gasteiger partial charge is 0.153 e. The summed E-state index contributed by atoms with van der Waals surface area (Å²) < 4.78 is 23.1. The maximum absolute atomic E-state index is 11.5. The second-order valence-corrected chi connectivity index (χ2v) is 7.57. The van der Waals surface area contributed by atoms with Crippen molar-refractivity contribution in [3.8, 4) is 0 Å². The highest BCUT2D eigenvalue weighted by atomic mass is 32.2. The van der Waals surface area contributed by atoms with E-state index in [4.69, 9.17) is 5.73 Å². The first kappa shape index (κ1) is 14.9. The lowest BCUT2D eigenvalue weighted by Crippen LogP contribution is -2.52. The molecule has 0 aliphatic carbocycles. The van der Waals surface area contributed by atoms with Gasteiger partial charge in [-0.3, -0.25) is 4.90 Å². The summed E-state index contributed by atoms with van der Waals surface area (Å²) in [5.74, 6) is 0.590. The van der Waals surface area contributed by atoms with Crippen LogP contribution >= 0.6 is 0 Å². The number of nitrogens with two attached hydrogens (primary N) is 1. The Hall–Kier alpha value is -0.130. The van der Waals surface area contributed by atoms with Crippen LogP contribution in [0.15, 0.2) is 0 Å². The van der Waals surface area contributed by atoms with Crippen molar-refractivity contribution >= 4 is 9.84 Å². The van der Waals surface area contributed by atoms with E-state index in [1.165, 1.54) is 0 Å². The Balaban J connectivity index is 2.69. The number of sulfone groups is 1. The van der Waals surface area contributed by atoms with Gasteiger partial charge in [0.25, 0.3) is 0 Å². The molecule has 102 valence electrons. The van der Waals surface area contributed by atoms with Crippen LogP contribution in [-0.2, 0) is 9.84 Å². The van der Waals surface area contributed by atoms with E-state index in [-0.39, 0.29) is 11.5 Å². The fourth-order valence-corrected chi connectivity index (χ4v) is 4.15. The Labute approximate surface area is 105 Å². The number of rotatable bonds is 5. The lowest BCUT2D eigenvalue weighted by molar-refractivity contribution is 0.120. The molecule has 0 bridgehead atoms. The van der Waals surface area contributed by atoms with Gasteiger partial charge in [-0.25, -0.2) is 8.42 Å². The predicted molar refractivity (Wildman–Crippen MR) is 71.8 cm³/mol. The van der Waals surface area contributed by atoms with Crippen LogP contribution in [0.5, 0.6) is 0 Å². The molecular weight excluding hydrogens is 236 g/mol. The molecule has 4 nitrogen and oxygen atoms in total. The molecule has 1 aliphatic heterocycles. The highest BCUT2D eigenvalue weighted by Crippen LogP contribution is 2.28. The van der Waals surface area contributed by atoms with Gasteiger partial charge in [0.05, 0.1) is 11.5 Å². The van der Waals surface area contributed by atoms with Crippen molar-refractivity contribution < 1.29 is 8.42 Å². The topological polar surface area (TPSA) is 63.4 Å². The van der Waals surface area contributed by atoms with E-state index in [0.29, 0.717) is 24.6 Å². The third-order valence-electron chi connectivity index (χ3n) is 4.28. The third-order valence-corrected chi connectivity index (χ3v) is 6.07. The summed E-state index contributed by atoms with van der Waals surface area (Å²) in [6, 6.07) is 0.123. The highest BCUT2D eigenvalue weighted by molar-refractivity contribution is 7.91. The monoisotopic (exact) mass is 262 g/mol. The van der Waals surface area contributed by atoms with E-state index >= 15 is 0 Å². The van der Waals surface area contributed by atoms with Gasteiger partial charge in [0.15, 0.2) is 9.84 Å². The number of hydrogen-bond donors (Lipinski definition) is 1. The largest absolute Gasteiger partial charge is 0.330 e. The van der Waals surface area contributed by atoms with Crippen molar-refractivity contribution in [1.82, 2.24) is 4.90 Å².